The van der Waals surface area contributed by atoms with Gasteiger partial charge in [0.05, 0.1) is 0 Å². The normalized spacial score (nSPS) is 15.5. The molecule has 0 aliphatic heterocycles. The third kappa shape index (κ3) is 3.34. The van der Waals surface area contributed by atoms with E-state index in [2.05, 4.69) is 26.8 Å². The molecule has 0 spiro atoms. The molecule has 0 N–H and O–H groups in total. The number of rotatable bonds is 5. The molecule has 0 atom stereocenters. The van der Waals surface area contributed by atoms with Crippen molar-refractivity contribution in [1.82, 2.24) is 0 Å². The molecule has 14 heavy (non-hydrogen) atoms. The summed E-state index contributed by atoms with van der Waals surface area (Å²) in [5.41, 5.74) is 5.02. The summed E-state index contributed by atoms with van der Waals surface area (Å²) >= 11 is 0. The van der Waals surface area contributed by atoms with Crippen molar-refractivity contribution in [2.75, 3.05) is 0 Å². The van der Waals surface area contributed by atoms with Crippen LogP contribution in [0.15, 0.2) is 22.8 Å². The molecule has 0 nitrogen and oxygen atoms in total. The fraction of sp³-hybridized carbons (Fsp3) is 0.692. The molecule has 1 aliphatic rings. The van der Waals surface area contributed by atoms with Gasteiger partial charge in [-0.25, -0.2) is 0 Å². The average Bonchev–Trinajstić information content (AvgIpc) is 2.56. The molecule has 0 unspecified atom stereocenters. The molecule has 0 aromatic heterocycles. The second-order valence-corrected chi connectivity index (χ2v) is 3.83. The molecular formula is C13H23Li. The predicted octanol–water partition coefficient (Wildman–Crippen LogP) is 1.74. The van der Waals surface area contributed by atoms with Gasteiger partial charge in [-0.1, -0.05) is 38.8 Å². The van der Waals surface area contributed by atoms with Crippen molar-refractivity contribution in [1.29, 1.82) is 0 Å². The summed E-state index contributed by atoms with van der Waals surface area (Å²) in [7, 11) is 0. The van der Waals surface area contributed by atoms with Crippen LogP contribution in [0.3, 0.4) is 0 Å². The molecule has 0 fully saturated rings. The molecule has 0 radical (unpaired) electrons. The van der Waals surface area contributed by atoms with E-state index in [9.17, 15) is 0 Å². The van der Waals surface area contributed by atoms with E-state index >= 15 is 0 Å². The van der Waals surface area contributed by atoms with Crippen LogP contribution in [0, 0.1) is 0 Å². The maximum atomic E-state index is 2.43. The van der Waals surface area contributed by atoms with Crippen molar-refractivity contribution in [3.8, 4) is 0 Å². The standard InChI is InChI=1S/C13H22.Li.H/c1-4-7-8-12-10-9-11(5-2)13(12)6-3;;/h9H,4-8,10H2,1-3H3;;/q;+1;-1. The Bertz CT molecular complexity index is 229. The van der Waals surface area contributed by atoms with Crippen molar-refractivity contribution in [3.05, 3.63) is 22.8 Å². The van der Waals surface area contributed by atoms with E-state index in [1.807, 2.05) is 0 Å². The second-order valence-electron chi connectivity index (χ2n) is 3.83. The molecule has 0 aromatic carbocycles. The first-order chi connectivity index (χ1) is 6.33. The van der Waals surface area contributed by atoms with Gasteiger partial charge in [0, 0.05) is 0 Å². The zero-order chi connectivity index (χ0) is 9.68. The van der Waals surface area contributed by atoms with Gasteiger partial charge in [-0.05, 0) is 43.3 Å². The molecule has 0 saturated carbocycles. The maximum absolute atomic E-state index is 2.43. The van der Waals surface area contributed by atoms with Crippen LogP contribution in [0.2, 0.25) is 0 Å². The fourth-order valence-corrected chi connectivity index (χ4v) is 2.20. The summed E-state index contributed by atoms with van der Waals surface area (Å²) in [6, 6.07) is 0. The predicted molar refractivity (Wildman–Crippen MR) is 60.9 cm³/mol. The second kappa shape index (κ2) is 7.38. The van der Waals surface area contributed by atoms with E-state index in [0.29, 0.717) is 0 Å². The molecule has 1 aliphatic carbocycles. The van der Waals surface area contributed by atoms with Gasteiger partial charge in [0.1, 0.15) is 0 Å². The maximum Gasteiger partial charge on any atom is 1.00 e. The van der Waals surface area contributed by atoms with Gasteiger partial charge in [-0.2, -0.15) is 0 Å². The van der Waals surface area contributed by atoms with Crippen LogP contribution in [0.25, 0.3) is 0 Å². The Labute approximate surface area is 103 Å². The topological polar surface area (TPSA) is 0 Å². The Balaban J connectivity index is 0. The van der Waals surface area contributed by atoms with Crippen LogP contribution in [0.4, 0.5) is 0 Å². The first-order valence-electron chi connectivity index (χ1n) is 5.73. The fourth-order valence-electron chi connectivity index (χ4n) is 2.20. The van der Waals surface area contributed by atoms with Gasteiger partial charge in [0.2, 0.25) is 0 Å². The monoisotopic (exact) mass is 186 g/mol. The van der Waals surface area contributed by atoms with Gasteiger partial charge < -0.3 is 1.43 Å². The Morgan fingerprint density at radius 3 is 2.43 bits per heavy atom. The van der Waals surface area contributed by atoms with E-state index in [1.165, 1.54) is 38.5 Å². The van der Waals surface area contributed by atoms with Crippen molar-refractivity contribution >= 4 is 0 Å². The quantitative estimate of drug-likeness (QED) is 0.574. The van der Waals surface area contributed by atoms with Crippen LogP contribution in [0.1, 0.15) is 60.7 Å². The van der Waals surface area contributed by atoms with Crippen LogP contribution in [0.5, 0.6) is 0 Å². The minimum absolute atomic E-state index is 0. The van der Waals surface area contributed by atoms with Gasteiger partial charge >= 0.3 is 18.9 Å². The van der Waals surface area contributed by atoms with Crippen LogP contribution in [-0.2, 0) is 0 Å². The first-order valence-corrected chi connectivity index (χ1v) is 5.73. The third-order valence-corrected chi connectivity index (χ3v) is 2.98. The molecule has 1 rings (SSSR count). The summed E-state index contributed by atoms with van der Waals surface area (Å²) in [6.45, 7) is 6.83. The summed E-state index contributed by atoms with van der Waals surface area (Å²) in [5, 5.41) is 0. The van der Waals surface area contributed by atoms with Gasteiger partial charge in [0.15, 0.2) is 0 Å². The first kappa shape index (κ1) is 14.1. The molecule has 1 heteroatoms. The van der Waals surface area contributed by atoms with Gasteiger partial charge in [-0.3, -0.25) is 0 Å². The van der Waals surface area contributed by atoms with Crippen molar-refractivity contribution < 1.29 is 20.3 Å². The summed E-state index contributed by atoms with van der Waals surface area (Å²) in [5.74, 6) is 0. The largest absolute Gasteiger partial charge is 1.00 e. The molecule has 0 aromatic rings. The summed E-state index contributed by atoms with van der Waals surface area (Å²) in [6.07, 6.45) is 10.2. The van der Waals surface area contributed by atoms with Crippen molar-refractivity contribution in [2.45, 2.75) is 59.3 Å². The molecule has 0 heterocycles. The summed E-state index contributed by atoms with van der Waals surface area (Å²) < 4.78 is 0. The smallest absolute Gasteiger partial charge is 1.00 e. The average molecular weight is 186 g/mol. The van der Waals surface area contributed by atoms with Crippen molar-refractivity contribution in [2.24, 2.45) is 0 Å². The van der Waals surface area contributed by atoms with Crippen LogP contribution in [-0.4, -0.2) is 0 Å². The molecule has 0 bridgehead atoms. The number of hydrogen-bond donors (Lipinski definition) is 0. The van der Waals surface area contributed by atoms with Crippen molar-refractivity contribution in [3.63, 3.8) is 0 Å². The Morgan fingerprint density at radius 2 is 1.93 bits per heavy atom. The van der Waals surface area contributed by atoms with Gasteiger partial charge in [0.25, 0.3) is 0 Å². The zero-order valence-corrected chi connectivity index (χ0v) is 10.3. The molecular weight excluding hydrogens is 163 g/mol. The molecule has 0 amide bonds. The minimum atomic E-state index is 0. The number of allylic oxidation sites excluding steroid dienone is 4. The Morgan fingerprint density at radius 1 is 1.21 bits per heavy atom. The van der Waals surface area contributed by atoms with E-state index in [1.54, 1.807) is 16.7 Å². The van der Waals surface area contributed by atoms with Crippen LogP contribution >= 0.6 is 0 Å². The third-order valence-electron chi connectivity index (χ3n) is 2.98. The zero-order valence-electron chi connectivity index (χ0n) is 11.3. The van der Waals surface area contributed by atoms with E-state index in [4.69, 9.17) is 0 Å². The van der Waals surface area contributed by atoms with Crippen LogP contribution < -0.4 is 18.9 Å². The van der Waals surface area contributed by atoms with E-state index < -0.39 is 0 Å². The van der Waals surface area contributed by atoms with E-state index in [0.717, 1.165) is 0 Å². The van der Waals surface area contributed by atoms with Gasteiger partial charge in [-0.15, -0.1) is 0 Å². The Kier molecular flexibility index (Phi) is 7.42. The Hall–Kier alpha value is 0.0774. The molecule has 0 saturated heterocycles. The number of unbranched alkanes of at least 4 members (excludes halogenated alkanes) is 1. The number of hydrogen-bond acceptors (Lipinski definition) is 0. The molecule has 76 valence electrons. The summed E-state index contributed by atoms with van der Waals surface area (Å²) in [4.78, 5) is 0. The van der Waals surface area contributed by atoms with E-state index in [-0.39, 0.29) is 20.3 Å². The minimum Gasteiger partial charge on any atom is -1.00 e. The SMILES string of the molecule is CCCCC1=C(CC)C(CC)=CC1.[H-].[Li+].